The van der Waals surface area contributed by atoms with Crippen molar-refractivity contribution in [3.05, 3.63) is 52.6 Å². The van der Waals surface area contributed by atoms with Crippen molar-refractivity contribution in [3.8, 4) is 0 Å². The molecule has 2 rings (SSSR count). The van der Waals surface area contributed by atoms with E-state index in [1.807, 2.05) is 0 Å². The monoisotopic (exact) mass is 448 g/mol. The zero-order valence-corrected chi connectivity index (χ0v) is 18.2. The zero-order chi connectivity index (χ0) is 23.8. The van der Waals surface area contributed by atoms with E-state index >= 15 is 0 Å². The van der Waals surface area contributed by atoms with E-state index in [-0.39, 0.29) is 30.0 Å². The first-order valence-corrected chi connectivity index (χ1v) is 9.95. The number of benzene rings is 1. The number of para-hydroxylation sites is 1. The van der Waals surface area contributed by atoms with E-state index in [4.69, 9.17) is 14.2 Å². The van der Waals surface area contributed by atoms with E-state index in [0.29, 0.717) is 11.4 Å². The molecule has 10 heteroatoms. The molecule has 1 aromatic rings. The topological polar surface area (TPSA) is 120 Å². The van der Waals surface area contributed by atoms with Gasteiger partial charge in [-0.1, -0.05) is 12.1 Å². The predicted molar refractivity (Wildman–Crippen MR) is 111 cm³/mol. The van der Waals surface area contributed by atoms with Crippen LogP contribution >= 0.6 is 0 Å². The van der Waals surface area contributed by atoms with Crippen molar-refractivity contribution in [2.24, 2.45) is 5.92 Å². The molecule has 0 spiro atoms. The number of carbonyl (C=O) groups is 4. The van der Waals surface area contributed by atoms with Gasteiger partial charge < -0.3 is 24.8 Å². The molecule has 0 aliphatic carbocycles. The van der Waals surface area contributed by atoms with Gasteiger partial charge >= 0.3 is 17.9 Å². The number of ether oxygens (including phenoxy) is 3. The second-order valence-corrected chi connectivity index (χ2v) is 6.71. The molecule has 0 unspecified atom stereocenters. The first kappa shape index (κ1) is 24.6. The lowest BCUT2D eigenvalue weighted by Gasteiger charge is -2.28. The lowest BCUT2D eigenvalue weighted by Crippen LogP contribution is -2.39. The molecule has 1 aromatic carbocycles. The van der Waals surface area contributed by atoms with Crippen molar-refractivity contribution in [1.82, 2.24) is 5.32 Å². The maximum absolute atomic E-state index is 13.7. The van der Waals surface area contributed by atoms with Crippen molar-refractivity contribution in [2.45, 2.75) is 27.7 Å². The fraction of sp³-hybridized carbons (Fsp3) is 0.364. The molecular formula is C22H25FN2O7. The molecule has 9 nitrogen and oxygen atoms in total. The third kappa shape index (κ3) is 5.71. The van der Waals surface area contributed by atoms with Gasteiger partial charge in [-0.2, -0.15) is 0 Å². The number of anilines is 1. The number of hydrogen-bond donors (Lipinski definition) is 2. The summed E-state index contributed by atoms with van der Waals surface area (Å²) in [5, 5.41) is 5.16. The molecule has 1 amide bonds. The summed E-state index contributed by atoms with van der Waals surface area (Å²) in [7, 11) is 0. The summed E-state index contributed by atoms with van der Waals surface area (Å²) in [4.78, 5) is 50.2. The minimum Gasteiger partial charge on any atom is -0.463 e. The van der Waals surface area contributed by atoms with E-state index in [1.165, 1.54) is 18.2 Å². The van der Waals surface area contributed by atoms with Crippen LogP contribution in [0.3, 0.4) is 0 Å². The van der Waals surface area contributed by atoms with Crippen LogP contribution in [0.15, 0.2) is 46.8 Å². The quantitative estimate of drug-likeness (QED) is 0.459. The second-order valence-electron chi connectivity index (χ2n) is 6.71. The molecule has 1 aliphatic rings. The summed E-state index contributed by atoms with van der Waals surface area (Å²) >= 11 is 0. The summed E-state index contributed by atoms with van der Waals surface area (Å²) < 4.78 is 28.9. The van der Waals surface area contributed by atoms with Gasteiger partial charge in [0.25, 0.3) is 5.91 Å². The normalized spacial score (nSPS) is 13.9. The van der Waals surface area contributed by atoms with E-state index in [9.17, 15) is 23.6 Å². The number of hydrogen-bond acceptors (Lipinski definition) is 8. The van der Waals surface area contributed by atoms with Crippen molar-refractivity contribution in [3.63, 3.8) is 0 Å². The van der Waals surface area contributed by atoms with E-state index in [1.54, 1.807) is 27.7 Å². The van der Waals surface area contributed by atoms with Gasteiger partial charge in [0.1, 0.15) is 11.7 Å². The molecule has 0 bridgehead atoms. The Morgan fingerprint density at radius 1 is 0.938 bits per heavy atom. The Bertz CT molecular complexity index is 944. The largest absolute Gasteiger partial charge is 0.463 e. The first-order valence-electron chi connectivity index (χ1n) is 9.95. The molecule has 172 valence electrons. The van der Waals surface area contributed by atoms with Gasteiger partial charge in [0.15, 0.2) is 6.61 Å². The fourth-order valence-electron chi connectivity index (χ4n) is 3.16. The third-order valence-electron chi connectivity index (χ3n) is 4.48. The van der Waals surface area contributed by atoms with E-state index in [0.717, 1.165) is 6.07 Å². The highest BCUT2D eigenvalue weighted by molar-refractivity contribution is 6.06. The molecule has 32 heavy (non-hydrogen) atoms. The Morgan fingerprint density at radius 2 is 1.47 bits per heavy atom. The van der Waals surface area contributed by atoms with Gasteiger partial charge in [0, 0.05) is 11.4 Å². The van der Waals surface area contributed by atoms with Crippen LogP contribution < -0.4 is 10.6 Å². The predicted octanol–water partition coefficient (Wildman–Crippen LogP) is 2.20. The maximum atomic E-state index is 13.7. The number of dihydropyridines is 1. The Morgan fingerprint density at radius 3 is 1.97 bits per heavy atom. The minimum atomic E-state index is -1.46. The van der Waals surface area contributed by atoms with Crippen LogP contribution in [0.5, 0.6) is 0 Å². The number of amides is 1. The van der Waals surface area contributed by atoms with Crippen LogP contribution in [0.25, 0.3) is 0 Å². The molecule has 1 aliphatic heterocycles. The van der Waals surface area contributed by atoms with Crippen LogP contribution in [-0.4, -0.2) is 43.6 Å². The van der Waals surface area contributed by atoms with Crippen LogP contribution in [0.1, 0.15) is 27.7 Å². The number of esters is 3. The molecule has 0 fully saturated rings. The van der Waals surface area contributed by atoms with Gasteiger partial charge in [-0.05, 0) is 39.8 Å². The Hall–Kier alpha value is -3.69. The summed E-state index contributed by atoms with van der Waals surface area (Å²) in [6.45, 7) is 5.60. The molecule has 1 heterocycles. The molecule has 0 radical (unpaired) electrons. The number of halogens is 1. The lowest BCUT2D eigenvalue weighted by atomic mass is 9.85. The van der Waals surface area contributed by atoms with Crippen LogP contribution in [0.4, 0.5) is 10.1 Å². The number of carbonyl (C=O) groups excluding carboxylic acids is 4. The zero-order valence-electron chi connectivity index (χ0n) is 18.2. The standard InChI is InChI=1S/C22H25FN2O7/c1-5-30-20(27)17-12(3)24-13(4)18(21(28)31-6-2)19(17)22(29)32-11-16(26)25-15-10-8-7-9-14(15)23/h7-10,19,24H,5-6,11H2,1-4H3,(H,25,26). The highest BCUT2D eigenvalue weighted by atomic mass is 19.1. The lowest BCUT2D eigenvalue weighted by molar-refractivity contribution is -0.153. The summed E-state index contributed by atoms with van der Waals surface area (Å²) in [6.07, 6.45) is 0. The van der Waals surface area contributed by atoms with Gasteiger partial charge in [-0.15, -0.1) is 0 Å². The Balaban J connectivity index is 2.27. The van der Waals surface area contributed by atoms with Gasteiger partial charge in [-0.3, -0.25) is 9.59 Å². The molecular weight excluding hydrogens is 423 g/mol. The van der Waals surface area contributed by atoms with Gasteiger partial charge in [0.05, 0.1) is 30.0 Å². The number of allylic oxidation sites excluding steroid dienone is 2. The van der Waals surface area contributed by atoms with E-state index in [2.05, 4.69) is 10.6 Å². The Kier molecular flexibility index (Phi) is 8.51. The molecule has 0 aromatic heterocycles. The maximum Gasteiger partial charge on any atom is 0.337 e. The van der Waals surface area contributed by atoms with Gasteiger partial charge in [-0.25, -0.2) is 14.0 Å². The summed E-state index contributed by atoms with van der Waals surface area (Å²) in [5.41, 5.74) is 0.264. The first-order chi connectivity index (χ1) is 15.2. The van der Waals surface area contributed by atoms with E-state index < -0.39 is 42.2 Å². The SMILES string of the molecule is CCOC(=O)C1=C(C)NC(C)=C(C(=O)OCC)C1C(=O)OCC(=O)Nc1ccccc1F. The summed E-state index contributed by atoms with van der Waals surface area (Å²) in [6, 6.07) is 5.49. The molecule has 0 saturated heterocycles. The van der Waals surface area contributed by atoms with Crippen molar-refractivity contribution in [2.75, 3.05) is 25.1 Å². The number of nitrogens with one attached hydrogen (secondary N) is 2. The van der Waals surface area contributed by atoms with Crippen LogP contribution in [0, 0.1) is 11.7 Å². The van der Waals surface area contributed by atoms with Crippen molar-refractivity contribution < 1.29 is 37.8 Å². The average Bonchev–Trinajstić information content (AvgIpc) is 2.73. The van der Waals surface area contributed by atoms with Crippen LogP contribution in [0.2, 0.25) is 0 Å². The van der Waals surface area contributed by atoms with Crippen molar-refractivity contribution in [1.29, 1.82) is 0 Å². The third-order valence-corrected chi connectivity index (χ3v) is 4.48. The fourth-order valence-corrected chi connectivity index (χ4v) is 3.16. The molecule has 2 N–H and O–H groups in total. The summed E-state index contributed by atoms with van der Waals surface area (Å²) in [5.74, 6) is -5.57. The highest BCUT2D eigenvalue weighted by Crippen LogP contribution is 2.32. The molecule has 0 atom stereocenters. The minimum absolute atomic E-state index is 0.0415. The van der Waals surface area contributed by atoms with Crippen LogP contribution in [-0.2, 0) is 33.4 Å². The van der Waals surface area contributed by atoms with Crippen molar-refractivity contribution >= 4 is 29.5 Å². The number of rotatable bonds is 8. The van der Waals surface area contributed by atoms with Gasteiger partial charge in [0.2, 0.25) is 0 Å². The Labute approximate surface area is 184 Å². The highest BCUT2D eigenvalue weighted by Gasteiger charge is 2.42. The molecule has 0 saturated carbocycles. The smallest absolute Gasteiger partial charge is 0.337 e. The average molecular weight is 448 g/mol. The second kappa shape index (κ2) is 11.1.